The minimum Gasteiger partial charge on any atom is -0.345 e. The van der Waals surface area contributed by atoms with Crippen LogP contribution in [-0.4, -0.2) is 21.5 Å². The number of amides is 2. The predicted molar refractivity (Wildman–Crippen MR) is 120 cm³/mol. The fourth-order valence-corrected chi connectivity index (χ4v) is 3.51. The van der Waals surface area contributed by atoms with Crippen LogP contribution in [0.4, 0.5) is 19.3 Å². The van der Waals surface area contributed by atoms with Gasteiger partial charge in [0.05, 0.1) is 12.2 Å². The molecule has 0 bridgehead atoms. The van der Waals surface area contributed by atoms with E-state index in [-0.39, 0.29) is 17.6 Å². The van der Waals surface area contributed by atoms with Crippen LogP contribution in [0.15, 0.2) is 60.8 Å². The predicted octanol–water partition coefficient (Wildman–Crippen LogP) is 6.55. The number of aromatic nitrogens is 1. The van der Waals surface area contributed by atoms with Crippen LogP contribution in [-0.2, 0) is 13.1 Å². The van der Waals surface area contributed by atoms with Crippen LogP contribution in [0.25, 0.3) is 0 Å². The van der Waals surface area contributed by atoms with Gasteiger partial charge >= 0.3 is 6.03 Å². The lowest BCUT2D eigenvalue weighted by Gasteiger charge is -2.32. The number of urea groups is 1. The Bertz CT molecular complexity index is 1050. The Morgan fingerprint density at radius 1 is 1.10 bits per heavy atom. The summed E-state index contributed by atoms with van der Waals surface area (Å²) in [6, 6.07) is 14.0. The molecule has 164 valence electrons. The molecule has 0 aliphatic carbocycles. The van der Waals surface area contributed by atoms with Crippen molar-refractivity contribution in [1.82, 2.24) is 9.47 Å². The van der Waals surface area contributed by atoms with Crippen molar-refractivity contribution in [3.8, 4) is 0 Å². The molecule has 0 aliphatic rings. The van der Waals surface area contributed by atoms with E-state index >= 15 is 0 Å². The molecule has 0 radical (unpaired) electrons. The van der Waals surface area contributed by atoms with Crippen molar-refractivity contribution in [2.45, 2.75) is 39.9 Å². The highest BCUT2D eigenvalue weighted by Crippen LogP contribution is 2.21. The van der Waals surface area contributed by atoms with Crippen molar-refractivity contribution < 1.29 is 13.6 Å². The Balaban J connectivity index is 1.82. The van der Waals surface area contributed by atoms with Gasteiger partial charge < -0.3 is 14.8 Å². The minimum absolute atomic E-state index is 0.0540. The topological polar surface area (TPSA) is 37.3 Å². The van der Waals surface area contributed by atoms with Crippen molar-refractivity contribution in [3.05, 3.63) is 88.7 Å². The van der Waals surface area contributed by atoms with Gasteiger partial charge in [0.2, 0.25) is 0 Å². The van der Waals surface area contributed by atoms with Gasteiger partial charge in [-0.1, -0.05) is 37.6 Å². The summed E-state index contributed by atoms with van der Waals surface area (Å²) in [6.07, 6.45) is 1.95. The summed E-state index contributed by atoms with van der Waals surface area (Å²) < 4.78 is 29.3. The molecule has 1 atom stereocenters. The zero-order valence-corrected chi connectivity index (χ0v) is 18.5. The molecule has 1 unspecified atom stereocenters. The summed E-state index contributed by atoms with van der Waals surface area (Å²) in [7, 11) is 0. The Hall–Kier alpha value is -2.86. The van der Waals surface area contributed by atoms with E-state index in [4.69, 9.17) is 11.6 Å². The van der Waals surface area contributed by atoms with E-state index in [0.29, 0.717) is 18.1 Å². The molecule has 1 N–H and O–H groups in total. The van der Waals surface area contributed by atoms with E-state index in [1.807, 2.05) is 63.4 Å². The van der Waals surface area contributed by atoms with Crippen molar-refractivity contribution in [2.75, 3.05) is 5.32 Å². The molecule has 0 saturated heterocycles. The fraction of sp³-hybridized carbons (Fsp3) is 0.292. The van der Waals surface area contributed by atoms with E-state index in [1.54, 1.807) is 4.90 Å². The maximum absolute atomic E-state index is 14.1. The molecule has 0 spiro atoms. The van der Waals surface area contributed by atoms with Gasteiger partial charge in [0, 0.05) is 35.6 Å². The van der Waals surface area contributed by atoms with Crippen molar-refractivity contribution >= 4 is 23.3 Å². The number of benzene rings is 2. The second kappa shape index (κ2) is 9.96. The molecule has 1 aromatic heterocycles. The Morgan fingerprint density at radius 3 is 2.55 bits per heavy atom. The molecule has 4 nitrogen and oxygen atoms in total. The number of nitrogens with zero attached hydrogens (tertiary/aromatic N) is 2. The first-order valence-corrected chi connectivity index (χ1v) is 10.5. The minimum atomic E-state index is -0.810. The third-order valence-corrected chi connectivity index (χ3v) is 5.62. The Kier molecular flexibility index (Phi) is 7.33. The number of carbonyl (C=O) groups is 1. The standard InChI is InChI=1S/C24H26ClF2N3O/c1-16(2)17(3)30(24(31)28-23-10-9-20(26)13-22(23)27)15-21-8-5-11-29(21)14-18-6-4-7-19(25)12-18/h4-13,16-17H,14-15H2,1-3H3,(H,28,31). The van der Waals surface area contributed by atoms with Gasteiger partial charge in [-0.2, -0.15) is 0 Å². The molecular weight excluding hydrogens is 420 g/mol. The van der Waals surface area contributed by atoms with E-state index in [9.17, 15) is 13.6 Å². The summed E-state index contributed by atoms with van der Waals surface area (Å²) in [4.78, 5) is 14.7. The van der Waals surface area contributed by atoms with Gasteiger partial charge in [0.25, 0.3) is 0 Å². The maximum atomic E-state index is 14.1. The lowest BCUT2D eigenvalue weighted by atomic mass is 10.0. The largest absolute Gasteiger partial charge is 0.345 e. The molecular formula is C24H26ClF2N3O. The molecule has 0 fully saturated rings. The van der Waals surface area contributed by atoms with Crippen molar-refractivity contribution in [1.29, 1.82) is 0 Å². The van der Waals surface area contributed by atoms with Gasteiger partial charge in [-0.15, -0.1) is 0 Å². The fourth-order valence-electron chi connectivity index (χ4n) is 3.29. The summed E-state index contributed by atoms with van der Waals surface area (Å²) in [5.74, 6) is -1.32. The number of anilines is 1. The third-order valence-electron chi connectivity index (χ3n) is 5.39. The lowest BCUT2D eigenvalue weighted by molar-refractivity contribution is 0.168. The SMILES string of the molecule is CC(C)C(C)N(Cc1cccn1Cc1cccc(Cl)c1)C(=O)Nc1ccc(F)cc1F. The second-order valence-corrected chi connectivity index (χ2v) is 8.36. The molecule has 0 saturated carbocycles. The van der Waals surface area contributed by atoms with Crippen LogP contribution >= 0.6 is 11.6 Å². The molecule has 31 heavy (non-hydrogen) atoms. The summed E-state index contributed by atoms with van der Waals surface area (Å²) in [5, 5.41) is 3.25. The highest BCUT2D eigenvalue weighted by Gasteiger charge is 2.25. The number of halogens is 3. The zero-order valence-electron chi connectivity index (χ0n) is 17.8. The van der Waals surface area contributed by atoms with E-state index in [1.165, 1.54) is 6.07 Å². The van der Waals surface area contributed by atoms with E-state index < -0.39 is 17.7 Å². The zero-order chi connectivity index (χ0) is 22.5. The number of carbonyl (C=O) groups excluding carboxylic acids is 1. The van der Waals surface area contributed by atoms with Crippen LogP contribution in [0.2, 0.25) is 5.02 Å². The molecule has 7 heteroatoms. The van der Waals surface area contributed by atoms with Crippen LogP contribution in [0, 0.1) is 17.6 Å². The molecule has 2 aromatic carbocycles. The number of nitrogens with one attached hydrogen (secondary N) is 1. The van der Waals surface area contributed by atoms with Gasteiger partial charge in [0.15, 0.2) is 0 Å². The number of rotatable bonds is 7. The van der Waals surface area contributed by atoms with Crippen LogP contribution in [0.3, 0.4) is 0 Å². The van der Waals surface area contributed by atoms with Gasteiger partial charge in [-0.05, 0) is 54.8 Å². The van der Waals surface area contributed by atoms with Crippen molar-refractivity contribution in [2.24, 2.45) is 5.92 Å². The van der Waals surface area contributed by atoms with Crippen molar-refractivity contribution in [3.63, 3.8) is 0 Å². The Morgan fingerprint density at radius 2 is 1.87 bits per heavy atom. The normalized spacial score (nSPS) is 12.1. The highest BCUT2D eigenvalue weighted by molar-refractivity contribution is 6.30. The number of hydrogen-bond donors (Lipinski definition) is 1. The molecule has 3 rings (SSSR count). The monoisotopic (exact) mass is 445 g/mol. The van der Waals surface area contributed by atoms with Crippen LogP contribution in [0.5, 0.6) is 0 Å². The summed E-state index contributed by atoms with van der Waals surface area (Å²) in [5.41, 5.74) is 1.93. The van der Waals surface area contributed by atoms with E-state index in [2.05, 4.69) is 9.88 Å². The van der Waals surface area contributed by atoms with Gasteiger partial charge in [-0.3, -0.25) is 0 Å². The molecule has 3 aromatic rings. The highest BCUT2D eigenvalue weighted by atomic mass is 35.5. The third kappa shape index (κ3) is 5.85. The summed E-state index contributed by atoms with van der Waals surface area (Å²) >= 11 is 6.10. The average molecular weight is 446 g/mol. The first-order chi connectivity index (χ1) is 14.7. The van der Waals surface area contributed by atoms with Crippen LogP contribution in [0.1, 0.15) is 32.0 Å². The van der Waals surface area contributed by atoms with Gasteiger partial charge in [-0.25, -0.2) is 13.6 Å². The lowest BCUT2D eigenvalue weighted by Crippen LogP contribution is -2.44. The molecule has 0 aliphatic heterocycles. The number of hydrogen-bond acceptors (Lipinski definition) is 1. The first-order valence-electron chi connectivity index (χ1n) is 10.2. The second-order valence-electron chi connectivity index (χ2n) is 7.92. The smallest absolute Gasteiger partial charge is 0.322 e. The Labute approximate surface area is 186 Å². The first kappa shape index (κ1) is 22.8. The average Bonchev–Trinajstić information content (AvgIpc) is 3.14. The maximum Gasteiger partial charge on any atom is 0.322 e. The quantitative estimate of drug-likeness (QED) is 0.440. The van der Waals surface area contributed by atoms with Crippen LogP contribution < -0.4 is 5.32 Å². The summed E-state index contributed by atoms with van der Waals surface area (Å²) in [6.45, 7) is 6.95. The molecule has 2 amide bonds. The van der Waals surface area contributed by atoms with E-state index in [0.717, 1.165) is 23.4 Å². The molecule has 1 heterocycles. The van der Waals surface area contributed by atoms with Gasteiger partial charge in [0.1, 0.15) is 11.6 Å².